The molecular formula is C20H34N4O2. The van der Waals surface area contributed by atoms with Gasteiger partial charge in [-0.1, -0.05) is 44.9 Å². The average molecular weight is 363 g/mol. The minimum absolute atomic E-state index is 0.00693. The number of carbonyl (C=O) groups excluding carboxylic acids is 2. The highest BCUT2D eigenvalue weighted by Gasteiger charge is 2.42. The number of amides is 3. The summed E-state index contributed by atoms with van der Waals surface area (Å²) in [7, 11) is 0. The van der Waals surface area contributed by atoms with Crippen molar-refractivity contribution in [3.8, 4) is 0 Å². The summed E-state index contributed by atoms with van der Waals surface area (Å²) in [5.74, 6) is 1.23. The fraction of sp³-hybridized carbons (Fsp3) is 0.900. The maximum atomic E-state index is 12.8. The van der Waals surface area contributed by atoms with Crippen LogP contribution in [0.5, 0.6) is 0 Å². The van der Waals surface area contributed by atoms with Crippen molar-refractivity contribution in [2.24, 2.45) is 11.8 Å². The van der Waals surface area contributed by atoms with Gasteiger partial charge in [-0.05, 0) is 38.0 Å². The largest absolute Gasteiger partial charge is 0.326 e. The Labute approximate surface area is 156 Å². The summed E-state index contributed by atoms with van der Waals surface area (Å²) in [6.07, 6.45) is 12.1. The SMILES string of the molecule is CC1NC(CN2C(=O)N[C@@H](CC3CCCCC3)C2=O)NC2CCCCC12. The second-order valence-electron chi connectivity index (χ2n) is 8.92. The lowest BCUT2D eigenvalue weighted by atomic mass is 9.78. The molecule has 2 saturated carbocycles. The molecule has 0 aromatic rings. The van der Waals surface area contributed by atoms with Gasteiger partial charge in [0.1, 0.15) is 6.04 Å². The van der Waals surface area contributed by atoms with Crippen LogP contribution in [-0.4, -0.2) is 47.7 Å². The number of nitrogens with one attached hydrogen (secondary N) is 3. The Morgan fingerprint density at radius 1 is 0.962 bits per heavy atom. The first-order valence-electron chi connectivity index (χ1n) is 10.8. The van der Waals surface area contributed by atoms with Crippen LogP contribution in [0.15, 0.2) is 0 Å². The molecule has 2 saturated heterocycles. The first-order valence-corrected chi connectivity index (χ1v) is 10.8. The average Bonchev–Trinajstić information content (AvgIpc) is 2.90. The van der Waals surface area contributed by atoms with Gasteiger partial charge in [0.15, 0.2) is 0 Å². The van der Waals surface area contributed by atoms with Gasteiger partial charge in [0, 0.05) is 12.1 Å². The van der Waals surface area contributed by atoms with E-state index in [4.69, 9.17) is 0 Å². The lowest BCUT2D eigenvalue weighted by Crippen LogP contribution is -2.66. The minimum atomic E-state index is -0.311. The predicted octanol–water partition coefficient (Wildman–Crippen LogP) is 2.34. The van der Waals surface area contributed by atoms with Crippen LogP contribution >= 0.6 is 0 Å². The van der Waals surface area contributed by atoms with Crippen molar-refractivity contribution < 1.29 is 9.59 Å². The molecule has 3 amide bonds. The molecule has 0 aromatic heterocycles. The Balaban J connectivity index is 1.34. The summed E-state index contributed by atoms with van der Waals surface area (Å²) >= 11 is 0. The molecule has 4 aliphatic rings. The molecule has 0 radical (unpaired) electrons. The molecule has 3 N–H and O–H groups in total. The molecule has 0 spiro atoms. The summed E-state index contributed by atoms with van der Waals surface area (Å²) in [5.41, 5.74) is 0. The van der Waals surface area contributed by atoms with E-state index >= 15 is 0 Å². The lowest BCUT2D eigenvalue weighted by molar-refractivity contribution is -0.128. The number of imide groups is 1. The molecule has 6 nitrogen and oxygen atoms in total. The summed E-state index contributed by atoms with van der Waals surface area (Å²) in [6, 6.07) is 0.432. The zero-order valence-electron chi connectivity index (χ0n) is 16.0. The van der Waals surface area contributed by atoms with E-state index in [2.05, 4.69) is 22.9 Å². The molecule has 5 atom stereocenters. The number of fused-ring (bicyclic) bond motifs is 1. The third-order valence-electron chi connectivity index (χ3n) is 7.11. The van der Waals surface area contributed by atoms with Gasteiger partial charge in [-0.25, -0.2) is 4.79 Å². The third-order valence-corrected chi connectivity index (χ3v) is 7.11. The van der Waals surface area contributed by atoms with Gasteiger partial charge in [0.2, 0.25) is 0 Å². The van der Waals surface area contributed by atoms with E-state index < -0.39 is 0 Å². The molecule has 2 aliphatic heterocycles. The van der Waals surface area contributed by atoms with Crippen LogP contribution < -0.4 is 16.0 Å². The molecule has 4 fully saturated rings. The number of urea groups is 1. The molecule has 4 rings (SSSR count). The zero-order valence-corrected chi connectivity index (χ0v) is 16.0. The van der Waals surface area contributed by atoms with Crippen molar-refractivity contribution >= 4 is 11.9 Å². The maximum Gasteiger partial charge on any atom is 0.324 e. The van der Waals surface area contributed by atoms with Crippen molar-refractivity contribution in [1.29, 1.82) is 0 Å². The Bertz CT molecular complexity index is 534. The van der Waals surface area contributed by atoms with Gasteiger partial charge < -0.3 is 5.32 Å². The van der Waals surface area contributed by atoms with Crippen LogP contribution in [0.25, 0.3) is 0 Å². The van der Waals surface area contributed by atoms with Crippen LogP contribution in [0.2, 0.25) is 0 Å². The summed E-state index contributed by atoms with van der Waals surface area (Å²) in [5, 5.41) is 10.2. The van der Waals surface area contributed by atoms with E-state index in [9.17, 15) is 9.59 Å². The van der Waals surface area contributed by atoms with Crippen molar-refractivity contribution in [1.82, 2.24) is 20.9 Å². The maximum absolute atomic E-state index is 12.8. The Kier molecular flexibility index (Phi) is 5.50. The number of hydrogen-bond donors (Lipinski definition) is 3. The fourth-order valence-corrected chi connectivity index (χ4v) is 5.67. The van der Waals surface area contributed by atoms with E-state index in [1.54, 1.807) is 0 Å². The Morgan fingerprint density at radius 2 is 1.69 bits per heavy atom. The Morgan fingerprint density at radius 3 is 2.50 bits per heavy atom. The summed E-state index contributed by atoms with van der Waals surface area (Å²) < 4.78 is 0. The molecule has 146 valence electrons. The monoisotopic (exact) mass is 362 g/mol. The normalized spacial score (nSPS) is 39.0. The lowest BCUT2D eigenvalue weighted by Gasteiger charge is -2.45. The highest BCUT2D eigenvalue weighted by molar-refractivity contribution is 6.04. The van der Waals surface area contributed by atoms with Crippen molar-refractivity contribution in [2.45, 2.75) is 95.4 Å². The first kappa shape index (κ1) is 18.2. The van der Waals surface area contributed by atoms with E-state index in [0.717, 1.165) is 6.42 Å². The minimum Gasteiger partial charge on any atom is -0.326 e. The van der Waals surface area contributed by atoms with E-state index in [0.29, 0.717) is 30.5 Å². The summed E-state index contributed by atoms with van der Waals surface area (Å²) in [6.45, 7) is 2.67. The standard InChI is InChI=1S/C20H34N4O2/c1-13-15-9-5-6-10-16(15)22-18(21-13)12-24-19(25)17(23-20(24)26)11-14-7-3-2-4-8-14/h13-18,21-22H,2-12H2,1H3,(H,23,26)/t13?,15?,16?,17-,18?/m0/s1. The molecule has 2 heterocycles. The van der Waals surface area contributed by atoms with Gasteiger partial charge in [0.05, 0.1) is 12.7 Å². The number of carbonyl (C=O) groups is 2. The van der Waals surface area contributed by atoms with Crippen molar-refractivity contribution in [3.05, 3.63) is 0 Å². The summed E-state index contributed by atoms with van der Waals surface area (Å²) in [4.78, 5) is 26.7. The van der Waals surface area contributed by atoms with Gasteiger partial charge >= 0.3 is 6.03 Å². The second-order valence-corrected chi connectivity index (χ2v) is 8.92. The smallest absolute Gasteiger partial charge is 0.324 e. The van der Waals surface area contributed by atoms with Gasteiger partial charge in [-0.3, -0.25) is 20.3 Å². The van der Waals surface area contributed by atoms with E-state index in [1.807, 2.05) is 0 Å². The molecule has 6 heteroatoms. The molecule has 4 unspecified atom stereocenters. The highest BCUT2D eigenvalue weighted by atomic mass is 16.2. The quantitative estimate of drug-likeness (QED) is 0.671. The Hall–Kier alpha value is -1.14. The highest BCUT2D eigenvalue weighted by Crippen LogP contribution is 2.31. The second kappa shape index (κ2) is 7.85. The van der Waals surface area contributed by atoms with E-state index in [-0.39, 0.29) is 24.1 Å². The molecule has 2 aliphatic carbocycles. The number of rotatable bonds is 4. The molecule has 26 heavy (non-hydrogen) atoms. The number of hydrogen-bond acceptors (Lipinski definition) is 4. The van der Waals surface area contributed by atoms with Gasteiger partial charge in [-0.2, -0.15) is 0 Å². The first-order chi connectivity index (χ1) is 12.6. The topological polar surface area (TPSA) is 73.5 Å². The van der Waals surface area contributed by atoms with Crippen molar-refractivity contribution in [2.75, 3.05) is 6.54 Å². The van der Waals surface area contributed by atoms with Crippen LogP contribution in [-0.2, 0) is 4.79 Å². The fourth-order valence-electron chi connectivity index (χ4n) is 5.67. The molecular weight excluding hydrogens is 328 g/mol. The van der Waals surface area contributed by atoms with Crippen molar-refractivity contribution in [3.63, 3.8) is 0 Å². The predicted molar refractivity (Wildman–Crippen MR) is 100 cm³/mol. The van der Waals surface area contributed by atoms with Crippen LogP contribution in [0.1, 0.15) is 71.1 Å². The molecule has 0 bridgehead atoms. The van der Waals surface area contributed by atoms with E-state index in [1.165, 1.54) is 62.7 Å². The number of nitrogens with zero attached hydrogens (tertiary/aromatic N) is 1. The zero-order chi connectivity index (χ0) is 18.1. The molecule has 0 aromatic carbocycles. The van der Waals surface area contributed by atoms with Crippen LogP contribution in [0.4, 0.5) is 4.79 Å². The van der Waals surface area contributed by atoms with Crippen LogP contribution in [0, 0.1) is 11.8 Å². The van der Waals surface area contributed by atoms with Gasteiger partial charge in [0.25, 0.3) is 5.91 Å². The van der Waals surface area contributed by atoms with Crippen LogP contribution in [0.3, 0.4) is 0 Å². The van der Waals surface area contributed by atoms with Gasteiger partial charge in [-0.15, -0.1) is 0 Å². The third kappa shape index (κ3) is 3.77.